The molecule has 1 aliphatic rings. The van der Waals surface area contributed by atoms with Gasteiger partial charge in [-0.25, -0.2) is 21.9 Å². The minimum Gasteiger partial charge on any atom is -0.378 e. The van der Waals surface area contributed by atoms with Crippen LogP contribution in [0.25, 0.3) is 0 Å². The second-order valence-corrected chi connectivity index (χ2v) is 7.07. The molecule has 0 aliphatic heterocycles. The van der Waals surface area contributed by atoms with Crippen LogP contribution < -0.4 is 4.72 Å². The van der Waals surface area contributed by atoms with Crippen molar-refractivity contribution in [3.63, 3.8) is 0 Å². The average molecular weight is 370 g/mol. The molecule has 4 nitrogen and oxygen atoms in total. The van der Waals surface area contributed by atoms with E-state index in [1.165, 1.54) is 0 Å². The number of hydrogen-bond donors (Lipinski definition) is 1. The van der Waals surface area contributed by atoms with Gasteiger partial charge in [-0.2, -0.15) is 0 Å². The molecule has 1 aromatic carbocycles. The van der Waals surface area contributed by atoms with Crippen LogP contribution in [0.15, 0.2) is 21.5 Å². The lowest BCUT2D eigenvalue weighted by Gasteiger charge is -2.35. The molecule has 0 aromatic heterocycles. The first-order valence-corrected chi connectivity index (χ1v) is 8.39. The van der Waals surface area contributed by atoms with Gasteiger partial charge in [-0.1, -0.05) is 0 Å². The van der Waals surface area contributed by atoms with Crippen molar-refractivity contribution in [1.82, 2.24) is 4.72 Å². The molecule has 20 heavy (non-hydrogen) atoms. The standard InChI is InChI=1S/C12H14BrF2NO3S/c1-2-19-9-5-8(6-9)16-20(17,18)12-10(13)3-7(14)4-11(12)15/h3-4,8-9,16H,2,5-6H2,1H3. The van der Waals surface area contributed by atoms with Gasteiger partial charge in [-0.3, -0.25) is 0 Å². The van der Waals surface area contributed by atoms with Gasteiger partial charge in [0.1, 0.15) is 16.5 Å². The Hall–Kier alpha value is -0.570. The molecule has 0 spiro atoms. The van der Waals surface area contributed by atoms with E-state index in [0.29, 0.717) is 25.5 Å². The molecule has 0 atom stereocenters. The molecule has 1 N–H and O–H groups in total. The van der Waals surface area contributed by atoms with Crippen molar-refractivity contribution in [3.8, 4) is 0 Å². The van der Waals surface area contributed by atoms with Gasteiger partial charge >= 0.3 is 0 Å². The fourth-order valence-corrected chi connectivity index (χ4v) is 4.53. The summed E-state index contributed by atoms with van der Waals surface area (Å²) in [6, 6.07) is 1.18. The SMILES string of the molecule is CCOC1CC(NS(=O)(=O)c2c(F)cc(F)cc2Br)C1. The van der Waals surface area contributed by atoms with Crippen molar-refractivity contribution in [1.29, 1.82) is 0 Å². The smallest absolute Gasteiger partial charge is 0.244 e. The van der Waals surface area contributed by atoms with Crippen LogP contribution in [-0.2, 0) is 14.8 Å². The molecule has 1 aromatic rings. The number of hydrogen-bond acceptors (Lipinski definition) is 3. The maximum absolute atomic E-state index is 13.7. The summed E-state index contributed by atoms with van der Waals surface area (Å²) in [7, 11) is -4.03. The Morgan fingerprint density at radius 2 is 2.05 bits per heavy atom. The molecule has 0 amide bonds. The van der Waals surface area contributed by atoms with Crippen LogP contribution in [-0.4, -0.2) is 27.2 Å². The fourth-order valence-electron chi connectivity index (χ4n) is 2.10. The summed E-state index contributed by atoms with van der Waals surface area (Å²) in [6.07, 6.45) is 1.13. The Morgan fingerprint density at radius 3 is 2.60 bits per heavy atom. The first-order valence-electron chi connectivity index (χ1n) is 6.12. The summed E-state index contributed by atoms with van der Waals surface area (Å²) in [5.41, 5.74) is 0. The zero-order valence-corrected chi connectivity index (χ0v) is 13.1. The summed E-state index contributed by atoms with van der Waals surface area (Å²) in [4.78, 5) is -0.571. The maximum atomic E-state index is 13.7. The van der Waals surface area contributed by atoms with Crippen LogP contribution in [0, 0.1) is 11.6 Å². The first kappa shape index (κ1) is 15.8. The summed E-state index contributed by atoms with van der Waals surface area (Å²) in [6.45, 7) is 2.44. The molecule has 1 aliphatic carbocycles. The van der Waals surface area contributed by atoms with E-state index in [9.17, 15) is 17.2 Å². The van der Waals surface area contributed by atoms with Crippen molar-refractivity contribution in [2.24, 2.45) is 0 Å². The third-order valence-corrected chi connectivity index (χ3v) is 5.53. The van der Waals surface area contributed by atoms with Crippen molar-refractivity contribution in [2.45, 2.75) is 36.8 Å². The molecule has 2 rings (SSSR count). The highest BCUT2D eigenvalue weighted by Gasteiger charge is 2.34. The van der Waals surface area contributed by atoms with E-state index in [0.717, 1.165) is 6.07 Å². The lowest BCUT2D eigenvalue weighted by molar-refractivity contribution is -0.00476. The van der Waals surface area contributed by atoms with E-state index in [1.807, 2.05) is 6.92 Å². The van der Waals surface area contributed by atoms with Crippen LogP contribution in [0.5, 0.6) is 0 Å². The van der Waals surface area contributed by atoms with Crippen LogP contribution in [0.2, 0.25) is 0 Å². The maximum Gasteiger partial charge on any atom is 0.244 e. The zero-order chi connectivity index (χ0) is 14.9. The van der Waals surface area contributed by atoms with Gasteiger partial charge in [0.05, 0.1) is 6.10 Å². The monoisotopic (exact) mass is 369 g/mol. The topological polar surface area (TPSA) is 55.4 Å². The van der Waals surface area contributed by atoms with E-state index >= 15 is 0 Å². The Balaban J connectivity index is 2.12. The minimum absolute atomic E-state index is 0.0363. The van der Waals surface area contributed by atoms with Gasteiger partial charge in [-0.05, 0) is 41.8 Å². The Labute approximate surface area is 124 Å². The molecule has 0 radical (unpaired) electrons. The Bertz CT molecular complexity index is 580. The van der Waals surface area contributed by atoms with E-state index < -0.39 is 26.6 Å². The normalized spacial score (nSPS) is 22.6. The summed E-state index contributed by atoms with van der Waals surface area (Å²) >= 11 is 2.88. The predicted octanol–water partition coefficient (Wildman–Crippen LogP) is 2.57. The lowest BCUT2D eigenvalue weighted by Crippen LogP contribution is -2.47. The number of benzene rings is 1. The van der Waals surface area contributed by atoms with E-state index in [-0.39, 0.29) is 16.6 Å². The average Bonchev–Trinajstić information content (AvgIpc) is 2.23. The molecule has 0 saturated heterocycles. The van der Waals surface area contributed by atoms with Crippen molar-refractivity contribution >= 4 is 26.0 Å². The zero-order valence-electron chi connectivity index (χ0n) is 10.7. The Morgan fingerprint density at radius 1 is 1.40 bits per heavy atom. The molecular weight excluding hydrogens is 356 g/mol. The van der Waals surface area contributed by atoms with Crippen LogP contribution >= 0.6 is 15.9 Å². The quantitative estimate of drug-likeness (QED) is 0.867. The highest BCUT2D eigenvalue weighted by atomic mass is 79.9. The second-order valence-electron chi connectivity index (χ2n) is 4.57. The number of sulfonamides is 1. The summed E-state index contributed by atoms with van der Waals surface area (Å²) < 4.78 is 58.4. The van der Waals surface area contributed by atoms with Crippen LogP contribution in [0.1, 0.15) is 19.8 Å². The summed E-state index contributed by atoms with van der Waals surface area (Å²) in [5.74, 6) is -1.96. The van der Waals surface area contributed by atoms with E-state index in [4.69, 9.17) is 4.74 Å². The number of halogens is 3. The lowest BCUT2D eigenvalue weighted by atomic mass is 9.90. The van der Waals surface area contributed by atoms with Gasteiger partial charge in [0, 0.05) is 23.2 Å². The third kappa shape index (κ3) is 3.36. The van der Waals surface area contributed by atoms with Gasteiger partial charge in [0.2, 0.25) is 10.0 Å². The van der Waals surface area contributed by atoms with Gasteiger partial charge in [0.25, 0.3) is 0 Å². The van der Waals surface area contributed by atoms with Crippen molar-refractivity contribution < 1.29 is 21.9 Å². The van der Waals surface area contributed by atoms with E-state index in [1.54, 1.807) is 0 Å². The van der Waals surface area contributed by atoms with Gasteiger partial charge < -0.3 is 4.74 Å². The first-order chi connectivity index (χ1) is 9.33. The predicted molar refractivity (Wildman–Crippen MR) is 72.8 cm³/mol. The van der Waals surface area contributed by atoms with Crippen molar-refractivity contribution in [3.05, 3.63) is 28.2 Å². The van der Waals surface area contributed by atoms with E-state index in [2.05, 4.69) is 20.7 Å². The molecule has 0 unspecified atom stereocenters. The highest BCUT2D eigenvalue weighted by Crippen LogP contribution is 2.29. The molecule has 0 bridgehead atoms. The highest BCUT2D eigenvalue weighted by molar-refractivity contribution is 9.10. The molecular formula is C12H14BrF2NO3S. The molecule has 112 valence electrons. The van der Waals surface area contributed by atoms with Crippen LogP contribution in [0.4, 0.5) is 8.78 Å². The molecule has 1 saturated carbocycles. The molecule has 8 heteroatoms. The van der Waals surface area contributed by atoms with Crippen LogP contribution in [0.3, 0.4) is 0 Å². The molecule has 0 heterocycles. The Kier molecular flexibility index (Phi) is 4.78. The second kappa shape index (κ2) is 6.05. The van der Waals surface area contributed by atoms with Gasteiger partial charge in [-0.15, -0.1) is 0 Å². The fraction of sp³-hybridized carbons (Fsp3) is 0.500. The number of nitrogens with one attached hydrogen (secondary N) is 1. The summed E-state index contributed by atoms with van der Waals surface area (Å²) in [5, 5.41) is 0. The minimum atomic E-state index is -4.03. The van der Waals surface area contributed by atoms with Crippen molar-refractivity contribution in [2.75, 3.05) is 6.61 Å². The van der Waals surface area contributed by atoms with Gasteiger partial charge in [0.15, 0.2) is 0 Å². The number of rotatable bonds is 5. The third-order valence-electron chi connectivity index (χ3n) is 3.05. The largest absolute Gasteiger partial charge is 0.378 e. The molecule has 1 fully saturated rings. The number of ether oxygens (including phenoxy) is 1.